The van der Waals surface area contributed by atoms with Gasteiger partial charge in [-0.1, -0.05) is 26.2 Å². The minimum atomic E-state index is 0.691. The Balaban J connectivity index is 1.81. The van der Waals surface area contributed by atoms with Crippen LogP contribution in [-0.2, 0) is 6.54 Å². The molecule has 1 aliphatic carbocycles. The minimum absolute atomic E-state index is 0.691. The number of hydrogen-bond acceptors (Lipinski definition) is 2. The van der Waals surface area contributed by atoms with Gasteiger partial charge in [0.25, 0.3) is 0 Å². The van der Waals surface area contributed by atoms with E-state index in [9.17, 15) is 0 Å². The molecule has 0 bridgehead atoms. The van der Waals surface area contributed by atoms with Gasteiger partial charge in [0.2, 0.25) is 0 Å². The van der Waals surface area contributed by atoms with Gasteiger partial charge in [0.05, 0.1) is 0 Å². The molecule has 15 heavy (non-hydrogen) atoms. The highest BCUT2D eigenvalue weighted by atomic mass is 15.1. The van der Waals surface area contributed by atoms with Gasteiger partial charge in [-0.05, 0) is 24.8 Å². The molecule has 0 saturated heterocycles. The number of hydrogen-bond donors (Lipinski definition) is 2. The highest BCUT2D eigenvalue weighted by Crippen LogP contribution is 2.23. The van der Waals surface area contributed by atoms with Crippen molar-refractivity contribution in [2.24, 2.45) is 5.92 Å². The fraction of sp³-hybridized carbons (Fsp3) is 0.750. The first kappa shape index (κ1) is 10.7. The second-order valence-corrected chi connectivity index (χ2v) is 4.68. The largest absolute Gasteiger partial charge is 0.308 e. The van der Waals surface area contributed by atoms with Crippen LogP contribution < -0.4 is 5.32 Å². The van der Waals surface area contributed by atoms with Crippen LogP contribution in [0.5, 0.6) is 0 Å². The predicted octanol–water partition coefficient (Wildman–Crippen LogP) is 2.47. The monoisotopic (exact) mass is 207 g/mol. The molecule has 2 atom stereocenters. The van der Waals surface area contributed by atoms with E-state index in [2.05, 4.69) is 22.4 Å². The summed E-state index contributed by atoms with van der Waals surface area (Å²) in [6.07, 6.45) is 8.71. The van der Waals surface area contributed by atoms with E-state index < -0.39 is 0 Å². The number of aromatic nitrogens is 2. The van der Waals surface area contributed by atoms with E-state index in [0.29, 0.717) is 6.04 Å². The lowest BCUT2D eigenvalue weighted by Gasteiger charge is -2.22. The van der Waals surface area contributed by atoms with Gasteiger partial charge in [0.1, 0.15) is 0 Å². The van der Waals surface area contributed by atoms with Crippen molar-refractivity contribution < 1.29 is 0 Å². The summed E-state index contributed by atoms with van der Waals surface area (Å²) in [4.78, 5) is 0. The Hall–Kier alpha value is -0.830. The van der Waals surface area contributed by atoms with E-state index in [1.165, 1.54) is 37.8 Å². The zero-order valence-electron chi connectivity index (χ0n) is 9.50. The van der Waals surface area contributed by atoms with Crippen LogP contribution in [-0.4, -0.2) is 16.2 Å². The van der Waals surface area contributed by atoms with Crippen LogP contribution in [0.15, 0.2) is 12.3 Å². The first-order valence-electron chi connectivity index (χ1n) is 6.08. The predicted molar refractivity (Wildman–Crippen MR) is 61.5 cm³/mol. The third kappa shape index (κ3) is 3.06. The lowest BCUT2D eigenvalue weighted by atomic mass is 9.97. The average Bonchev–Trinajstić information content (AvgIpc) is 2.67. The number of rotatable bonds is 3. The summed E-state index contributed by atoms with van der Waals surface area (Å²) >= 11 is 0. The van der Waals surface area contributed by atoms with Crippen molar-refractivity contribution in [3.05, 3.63) is 18.0 Å². The van der Waals surface area contributed by atoms with E-state index in [4.69, 9.17) is 0 Å². The van der Waals surface area contributed by atoms with E-state index >= 15 is 0 Å². The molecule has 2 unspecified atom stereocenters. The highest BCUT2D eigenvalue weighted by molar-refractivity contribution is 4.97. The smallest absolute Gasteiger partial charge is 0.0490 e. The van der Waals surface area contributed by atoms with Crippen molar-refractivity contribution in [3.63, 3.8) is 0 Å². The molecule has 0 aliphatic heterocycles. The van der Waals surface area contributed by atoms with Gasteiger partial charge in [-0.15, -0.1) is 0 Å². The molecule has 3 heteroatoms. The summed E-state index contributed by atoms with van der Waals surface area (Å²) < 4.78 is 0. The van der Waals surface area contributed by atoms with Crippen LogP contribution in [0.4, 0.5) is 0 Å². The quantitative estimate of drug-likeness (QED) is 0.747. The zero-order valence-corrected chi connectivity index (χ0v) is 9.50. The summed E-state index contributed by atoms with van der Waals surface area (Å²) in [7, 11) is 0. The molecule has 1 heterocycles. The fourth-order valence-corrected chi connectivity index (χ4v) is 2.42. The van der Waals surface area contributed by atoms with Gasteiger partial charge >= 0.3 is 0 Å². The molecule has 0 aromatic carbocycles. The van der Waals surface area contributed by atoms with Crippen LogP contribution in [0.25, 0.3) is 0 Å². The molecule has 0 spiro atoms. The number of nitrogens with one attached hydrogen (secondary N) is 2. The molecule has 1 aliphatic rings. The van der Waals surface area contributed by atoms with Gasteiger partial charge in [-0.25, -0.2) is 0 Å². The van der Waals surface area contributed by atoms with Crippen LogP contribution in [0, 0.1) is 5.92 Å². The highest BCUT2D eigenvalue weighted by Gasteiger charge is 2.18. The van der Waals surface area contributed by atoms with Crippen molar-refractivity contribution in [2.45, 2.75) is 51.6 Å². The summed E-state index contributed by atoms with van der Waals surface area (Å²) in [5.74, 6) is 0.815. The van der Waals surface area contributed by atoms with Crippen molar-refractivity contribution in [1.29, 1.82) is 0 Å². The van der Waals surface area contributed by atoms with E-state index in [1.807, 2.05) is 12.3 Å². The van der Waals surface area contributed by atoms with Crippen molar-refractivity contribution in [3.8, 4) is 0 Å². The number of H-pyrrole nitrogens is 1. The molecule has 1 fully saturated rings. The second kappa shape index (κ2) is 5.31. The lowest BCUT2D eigenvalue weighted by molar-refractivity contribution is 0.354. The zero-order chi connectivity index (χ0) is 10.5. The second-order valence-electron chi connectivity index (χ2n) is 4.68. The minimum Gasteiger partial charge on any atom is -0.308 e. The number of nitrogens with zero attached hydrogens (tertiary/aromatic N) is 1. The Morgan fingerprint density at radius 2 is 2.27 bits per heavy atom. The molecule has 84 valence electrons. The molecule has 1 saturated carbocycles. The topological polar surface area (TPSA) is 40.7 Å². The summed E-state index contributed by atoms with van der Waals surface area (Å²) in [6.45, 7) is 3.30. The molecule has 2 N–H and O–H groups in total. The molecule has 1 aromatic heterocycles. The van der Waals surface area contributed by atoms with Crippen LogP contribution in [0.2, 0.25) is 0 Å². The summed E-state index contributed by atoms with van der Waals surface area (Å²) in [6, 6.07) is 2.73. The van der Waals surface area contributed by atoms with Crippen molar-refractivity contribution in [2.75, 3.05) is 0 Å². The Morgan fingerprint density at radius 1 is 1.40 bits per heavy atom. The Labute approximate surface area is 91.7 Å². The van der Waals surface area contributed by atoms with Gasteiger partial charge in [-0.3, -0.25) is 5.10 Å². The summed E-state index contributed by atoms with van der Waals surface area (Å²) in [5.41, 5.74) is 1.19. The Morgan fingerprint density at radius 3 is 3.07 bits per heavy atom. The molecule has 0 radical (unpaired) electrons. The molecular formula is C12H21N3. The van der Waals surface area contributed by atoms with Crippen molar-refractivity contribution in [1.82, 2.24) is 15.5 Å². The molecule has 3 nitrogen and oxygen atoms in total. The Kier molecular flexibility index (Phi) is 3.78. The maximum atomic E-state index is 3.96. The molecular weight excluding hydrogens is 186 g/mol. The first-order valence-corrected chi connectivity index (χ1v) is 6.08. The maximum absolute atomic E-state index is 3.96. The maximum Gasteiger partial charge on any atom is 0.0490 e. The van der Waals surface area contributed by atoms with Crippen LogP contribution in [0.3, 0.4) is 0 Å². The van der Waals surface area contributed by atoms with Crippen molar-refractivity contribution >= 4 is 0 Å². The number of aromatic amines is 1. The van der Waals surface area contributed by atoms with Gasteiger partial charge in [0.15, 0.2) is 0 Å². The van der Waals surface area contributed by atoms with E-state index in [-0.39, 0.29) is 0 Å². The summed E-state index contributed by atoms with van der Waals surface area (Å²) in [5, 5.41) is 10.6. The average molecular weight is 207 g/mol. The van der Waals surface area contributed by atoms with Gasteiger partial charge in [0, 0.05) is 24.5 Å². The molecule has 2 rings (SSSR count). The third-order valence-corrected chi connectivity index (χ3v) is 3.47. The molecule has 0 amide bonds. The van der Waals surface area contributed by atoms with E-state index in [1.54, 1.807) is 0 Å². The Bertz CT molecular complexity index is 268. The van der Waals surface area contributed by atoms with Crippen LogP contribution in [0.1, 0.15) is 44.7 Å². The van der Waals surface area contributed by atoms with Crippen LogP contribution >= 0.6 is 0 Å². The van der Waals surface area contributed by atoms with E-state index in [0.717, 1.165) is 12.5 Å². The lowest BCUT2D eigenvalue weighted by Crippen LogP contribution is -2.33. The standard InChI is InChI=1S/C12H21N3/c1-10-5-3-2-4-6-12(10)13-9-11-7-8-14-15-11/h7-8,10,12-13H,2-6,9H2,1H3,(H,14,15). The normalized spacial score (nSPS) is 27.5. The SMILES string of the molecule is CC1CCCCCC1NCc1ccn[nH]1. The van der Waals surface area contributed by atoms with Gasteiger partial charge in [-0.2, -0.15) is 5.10 Å². The third-order valence-electron chi connectivity index (χ3n) is 3.47. The fourth-order valence-electron chi connectivity index (χ4n) is 2.42. The molecule has 1 aromatic rings. The van der Waals surface area contributed by atoms with Gasteiger partial charge < -0.3 is 5.32 Å². The first-order chi connectivity index (χ1) is 7.36.